The molecule has 6 nitrogen and oxygen atoms in total. The Labute approximate surface area is 161 Å². The highest BCUT2D eigenvalue weighted by molar-refractivity contribution is 5.91. The minimum Gasteiger partial charge on any atom is -0.368 e. The van der Waals surface area contributed by atoms with Crippen molar-refractivity contribution in [2.24, 2.45) is 5.73 Å². The molecule has 0 radical (unpaired) electrons. The lowest BCUT2D eigenvalue weighted by Crippen LogP contribution is -2.54. The number of amides is 3. The van der Waals surface area contributed by atoms with Crippen molar-refractivity contribution >= 4 is 17.7 Å². The molecule has 0 unspecified atom stereocenters. The smallest absolute Gasteiger partial charge is 0.243 e. The molecule has 8 heteroatoms. The molecule has 0 bridgehead atoms. The van der Waals surface area contributed by atoms with E-state index in [9.17, 15) is 23.2 Å². The Balaban J connectivity index is 2.15. The van der Waals surface area contributed by atoms with Crippen LogP contribution in [0.15, 0.2) is 48.5 Å². The van der Waals surface area contributed by atoms with Crippen LogP contribution in [-0.4, -0.2) is 29.8 Å². The fourth-order valence-electron chi connectivity index (χ4n) is 2.73. The van der Waals surface area contributed by atoms with Gasteiger partial charge >= 0.3 is 0 Å². The standard InChI is InChI=1S/C20H21F2N3O3/c1-12(26)24-18(10-13-5-4-7-15(21)9-13)20(28)25-17(19(23)27)11-14-6-2-3-8-16(14)22/h2-9,17-18H,10-11H2,1H3,(H2,23,27)(H,24,26)(H,25,28)/t17-,18+/m0/s1. The van der Waals surface area contributed by atoms with E-state index in [1.165, 1.54) is 43.3 Å². The van der Waals surface area contributed by atoms with Crippen LogP contribution in [0.1, 0.15) is 18.1 Å². The first-order valence-corrected chi connectivity index (χ1v) is 8.61. The number of rotatable bonds is 8. The van der Waals surface area contributed by atoms with Crippen molar-refractivity contribution in [1.82, 2.24) is 10.6 Å². The van der Waals surface area contributed by atoms with Crippen LogP contribution < -0.4 is 16.4 Å². The van der Waals surface area contributed by atoms with Crippen LogP contribution in [0.5, 0.6) is 0 Å². The summed E-state index contributed by atoms with van der Waals surface area (Å²) in [5.41, 5.74) is 6.04. The van der Waals surface area contributed by atoms with Gasteiger partial charge in [0.2, 0.25) is 17.7 Å². The summed E-state index contributed by atoms with van der Waals surface area (Å²) in [6.07, 6.45) is -0.130. The molecule has 0 aliphatic carbocycles. The molecule has 148 valence electrons. The van der Waals surface area contributed by atoms with E-state index in [4.69, 9.17) is 5.73 Å². The molecule has 2 rings (SSSR count). The molecule has 0 saturated carbocycles. The first-order chi connectivity index (χ1) is 13.3. The molecule has 3 amide bonds. The van der Waals surface area contributed by atoms with E-state index >= 15 is 0 Å². The Morgan fingerprint density at radius 3 is 2.29 bits per heavy atom. The first-order valence-electron chi connectivity index (χ1n) is 8.61. The van der Waals surface area contributed by atoms with Gasteiger partial charge in [0, 0.05) is 19.8 Å². The third kappa shape index (κ3) is 6.15. The van der Waals surface area contributed by atoms with Crippen molar-refractivity contribution in [3.63, 3.8) is 0 Å². The zero-order valence-electron chi connectivity index (χ0n) is 15.2. The van der Waals surface area contributed by atoms with Crippen molar-refractivity contribution in [3.05, 3.63) is 71.3 Å². The van der Waals surface area contributed by atoms with Gasteiger partial charge in [0.05, 0.1) is 0 Å². The summed E-state index contributed by atoms with van der Waals surface area (Å²) >= 11 is 0. The van der Waals surface area contributed by atoms with E-state index in [1.807, 2.05) is 0 Å². The number of carbonyl (C=O) groups excluding carboxylic acids is 3. The van der Waals surface area contributed by atoms with E-state index in [0.717, 1.165) is 0 Å². The summed E-state index contributed by atoms with van der Waals surface area (Å²) in [6, 6.07) is 9.18. The number of hydrogen-bond acceptors (Lipinski definition) is 3. The zero-order valence-corrected chi connectivity index (χ0v) is 15.2. The first kappa shape index (κ1) is 21.0. The quantitative estimate of drug-likeness (QED) is 0.633. The average molecular weight is 389 g/mol. The lowest BCUT2D eigenvalue weighted by Gasteiger charge is -2.22. The summed E-state index contributed by atoms with van der Waals surface area (Å²) in [5, 5.41) is 4.91. The number of nitrogens with two attached hydrogens (primary N) is 1. The number of primary amides is 1. The molecule has 0 fully saturated rings. The predicted octanol–water partition coefficient (Wildman–Crippen LogP) is 1.22. The van der Waals surface area contributed by atoms with Crippen LogP contribution in [0, 0.1) is 11.6 Å². The van der Waals surface area contributed by atoms with E-state index in [2.05, 4.69) is 10.6 Å². The summed E-state index contributed by atoms with van der Waals surface area (Å²) in [7, 11) is 0. The average Bonchev–Trinajstić information content (AvgIpc) is 2.61. The largest absolute Gasteiger partial charge is 0.368 e. The zero-order chi connectivity index (χ0) is 20.7. The van der Waals surface area contributed by atoms with Gasteiger partial charge in [0.25, 0.3) is 0 Å². The van der Waals surface area contributed by atoms with Crippen LogP contribution in [-0.2, 0) is 27.2 Å². The van der Waals surface area contributed by atoms with Gasteiger partial charge in [-0.05, 0) is 29.3 Å². The second-order valence-electron chi connectivity index (χ2n) is 6.35. The molecule has 2 aromatic rings. The highest BCUT2D eigenvalue weighted by Gasteiger charge is 2.26. The van der Waals surface area contributed by atoms with Crippen molar-refractivity contribution in [2.75, 3.05) is 0 Å². The fraction of sp³-hybridized carbons (Fsp3) is 0.250. The normalized spacial score (nSPS) is 12.7. The van der Waals surface area contributed by atoms with Gasteiger partial charge in [-0.3, -0.25) is 14.4 Å². The van der Waals surface area contributed by atoms with Crippen LogP contribution in [0.2, 0.25) is 0 Å². The van der Waals surface area contributed by atoms with Crippen LogP contribution in [0.3, 0.4) is 0 Å². The highest BCUT2D eigenvalue weighted by atomic mass is 19.1. The molecular formula is C20H21F2N3O3. The van der Waals surface area contributed by atoms with Crippen molar-refractivity contribution < 1.29 is 23.2 Å². The van der Waals surface area contributed by atoms with Gasteiger partial charge in [0.1, 0.15) is 23.7 Å². The van der Waals surface area contributed by atoms with Gasteiger partial charge in [-0.15, -0.1) is 0 Å². The Morgan fingerprint density at radius 1 is 0.964 bits per heavy atom. The predicted molar refractivity (Wildman–Crippen MR) is 98.9 cm³/mol. The third-order valence-electron chi connectivity index (χ3n) is 4.06. The minimum absolute atomic E-state index is 0.00829. The fourth-order valence-corrected chi connectivity index (χ4v) is 2.73. The monoisotopic (exact) mass is 389 g/mol. The summed E-state index contributed by atoms with van der Waals surface area (Å²) in [6.45, 7) is 1.23. The molecule has 28 heavy (non-hydrogen) atoms. The minimum atomic E-state index is -1.17. The maximum atomic E-state index is 13.8. The molecule has 0 saturated heterocycles. The maximum absolute atomic E-state index is 13.8. The lowest BCUT2D eigenvalue weighted by atomic mass is 10.0. The SMILES string of the molecule is CC(=O)N[C@H](Cc1cccc(F)c1)C(=O)N[C@@H](Cc1ccccc1F)C(N)=O. The number of halogens is 2. The summed E-state index contributed by atoms with van der Waals surface area (Å²) in [5.74, 6) is -3.00. The number of carbonyl (C=O) groups is 3. The Hall–Kier alpha value is -3.29. The van der Waals surface area contributed by atoms with Crippen molar-refractivity contribution in [1.29, 1.82) is 0 Å². The van der Waals surface area contributed by atoms with E-state index < -0.39 is 41.4 Å². The Kier molecular flexibility index (Phi) is 7.20. The number of nitrogens with one attached hydrogen (secondary N) is 2. The molecule has 0 spiro atoms. The van der Waals surface area contributed by atoms with E-state index in [1.54, 1.807) is 12.1 Å². The van der Waals surface area contributed by atoms with Crippen LogP contribution >= 0.6 is 0 Å². The molecular weight excluding hydrogens is 368 g/mol. The molecule has 0 aliphatic rings. The van der Waals surface area contributed by atoms with Crippen molar-refractivity contribution in [3.8, 4) is 0 Å². The lowest BCUT2D eigenvalue weighted by molar-refractivity contribution is -0.130. The van der Waals surface area contributed by atoms with Gasteiger partial charge in [0.15, 0.2) is 0 Å². The van der Waals surface area contributed by atoms with Crippen LogP contribution in [0.25, 0.3) is 0 Å². The topological polar surface area (TPSA) is 101 Å². The van der Waals surface area contributed by atoms with Gasteiger partial charge in [-0.25, -0.2) is 8.78 Å². The summed E-state index contributed by atoms with van der Waals surface area (Å²) in [4.78, 5) is 35.8. The molecule has 2 atom stereocenters. The Morgan fingerprint density at radius 2 is 1.68 bits per heavy atom. The second kappa shape index (κ2) is 9.59. The Bertz CT molecular complexity index is 873. The maximum Gasteiger partial charge on any atom is 0.243 e. The number of benzene rings is 2. The second-order valence-corrected chi connectivity index (χ2v) is 6.35. The molecule has 2 aromatic carbocycles. The van der Waals surface area contributed by atoms with Gasteiger partial charge < -0.3 is 16.4 Å². The van der Waals surface area contributed by atoms with E-state index in [0.29, 0.717) is 5.56 Å². The molecule has 0 aromatic heterocycles. The molecule has 0 aliphatic heterocycles. The van der Waals surface area contributed by atoms with Gasteiger partial charge in [-0.2, -0.15) is 0 Å². The van der Waals surface area contributed by atoms with E-state index in [-0.39, 0.29) is 18.4 Å². The summed E-state index contributed by atoms with van der Waals surface area (Å²) < 4.78 is 27.2. The highest BCUT2D eigenvalue weighted by Crippen LogP contribution is 2.11. The molecule has 0 heterocycles. The van der Waals surface area contributed by atoms with Crippen molar-refractivity contribution in [2.45, 2.75) is 31.8 Å². The molecule has 4 N–H and O–H groups in total. The van der Waals surface area contributed by atoms with Gasteiger partial charge in [-0.1, -0.05) is 30.3 Å². The third-order valence-corrected chi connectivity index (χ3v) is 4.06. The van der Waals surface area contributed by atoms with Crippen LogP contribution in [0.4, 0.5) is 8.78 Å². The number of hydrogen-bond donors (Lipinski definition) is 3.